The molecular weight excluding hydrogens is 372 g/mol. The van der Waals surface area contributed by atoms with Gasteiger partial charge in [0, 0.05) is 19.2 Å². The zero-order valence-electron chi connectivity index (χ0n) is 17.3. The third kappa shape index (κ3) is 4.43. The molecule has 0 saturated heterocycles. The number of aryl methyl sites for hydroxylation is 1. The summed E-state index contributed by atoms with van der Waals surface area (Å²) in [5.41, 5.74) is 1.83. The van der Waals surface area contributed by atoms with Gasteiger partial charge in [0.25, 0.3) is 5.91 Å². The summed E-state index contributed by atoms with van der Waals surface area (Å²) in [6, 6.07) is 10.9. The fourth-order valence-electron chi connectivity index (χ4n) is 3.12. The van der Waals surface area contributed by atoms with Crippen molar-refractivity contribution in [3.63, 3.8) is 0 Å². The average molecular weight is 398 g/mol. The molecule has 2 aromatic heterocycles. The molecule has 3 aromatic rings. The molecule has 0 saturated carbocycles. The first-order valence-electron chi connectivity index (χ1n) is 9.19. The van der Waals surface area contributed by atoms with Crippen LogP contribution < -0.4 is 14.8 Å². The van der Waals surface area contributed by atoms with Crippen LogP contribution in [-0.2, 0) is 7.05 Å². The summed E-state index contributed by atoms with van der Waals surface area (Å²) in [4.78, 5) is 14.8. The van der Waals surface area contributed by atoms with Gasteiger partial charge in [-0.25, -0.2) is 0 Å². The fourth-order valence-corrected chi connectivity index (χ4v) is 3.12. The number of benzene rings is 1. The van der Waals surface area contributed by atoms with Crippen LogP contribution in [0, 0.1) is 0 Å². The summed E-state index contributed by atoms with van der Waals surface area (Å²) in [5, 5.41) is 7.46. The molecule has 2 heterocycles. The highest BCUT2D eigenvalue weighted by atomic mass is 16.5. The van der Waals surface area contributed by atoms with E-state index in [0.29, 0.717) is 29.4 Å². The van der Waals surface area contributed by atoms with E-state index < -0.39 is 0 Å². The number of carbonyl (C=O) groups is 1. The lowest BCUT2D eigenvalue weighted by Gasteiger charge is -2.22. The largest absolute Gasteiger partial charge is 0.497 e. The maximum absolute atomic E-state index is 12.8. The molecule has 1 atom stereocenters. The van der Waals surface area contributed by atoms with Crippen molar-refractivity contribution in [2.24, 2.45) is 7.05 Å². The molecule has 0 unspecified atom stereocenters. The van der Waals surface area contributed by atoms with Gasteiger partial charge in [0.1, 0.15) is 23.0 Å². The van der Waals surface area contributed by atoms with Gasteiger partial charge < -0.3 is 19.2 Å². The molecule has 0 bridgehead atoms. The van der Waals surface area contributed by atoms with E-state index in [0.717, 1.165) is 11.3 Å². The van der Waals surface area contributed by atoms with E-state index in [1.54, 1.807) is 38.3 Å². The summed E-state index contributed by atoms with van der Waals surface area (Å²) < 4.78 is 17.8. The number of furan rings is 1. The van der Waals surface area contributed by atoms with E-state index in [1.807, 2.05) is 49.3 Å². The van der Waals surface area contributed by atoms with Gasteiger partial charge in [-0.15, -0.1) is 0 Å². The van der Waals surface area contributed by atoms with E-state index in [2.05, 4.69) is 10.4 Å². The van der Waals surface area contributed by atoms with E-state index in [4.69, 9.17) is 13.9 Å². The van der Waals surface area contributed by atoms with Crippen LogP contribution in [0.2, 0.25) is 0 Å². The topological polar surface area (TPSA) is 81.8 Å². The van der Waals surface area contributed by atoms with Gasteiger partial charge in [-0.05, 0) is 50.5 Å². The Kier molecular flexibility index (Phi) is 6.23. The lowest BCUT2D eigenvalue weighted by molar-refractivity contribution is 0.0929. The predicted octanol–water partition coefficient (Wildman–Crippen LogP) is 2.73. The Bertz CT molecular complexity index is 963. The Hall–Kier alpha value is -3.26. The first kappa shape index (κ1) is 20.5. The molecule has 0 radical (unpaired) electrons. The molecule has 8 heteroatoms. The lowest BCUT2D eigenvalue weighted by Crippen LogP contribution is -2.35. The molecule has 0 aliphatic heterocycles. The minimum absolute atomic E-state index is 0.0693. The normalized spacial score (nSPS) is 12.1. The van der Waals surface area contributed by atoms with Crippen molar-refractivity contribution in [1.29, 1.82) is 0 Å². The first-order valence-corrected chi connectivity index (χ1v) is 9.19. The molecule has 0 spiro atoms. The summed E-state index contributed by atoms with van der Waals surface area (Å²) in [6.07, 6.45) is 1.63. The van der Waals surface area contributed by atoms with Gasteiger partial charge >= 0.3 is 0 Å². The SMILES string of the molecule is COc1ccc(OC)c(-c2cc(C(=O)NC[C@@H](c3ccco3)N(C)C)n(C)n2)c1. The second-order valence-electron chi connectivity index (χ2n) is 6.81. The quantitative estimate of drug-likeness (QED) is 0.628. The highest BCUT2D eigenvalue weighted by Gasteiger charge is 2.21. The second kappa shape index (κ2) is 8.83. The molecule has 1 aromatic carbocycles. The van der Waals surface area contributed by atoms with Crippen molar-refractivity contribution in [2.75, 3.05) is 34.9 Å². The van der Waals surface area contributed by atoms with Crippen LogP contribution in [0.3, 0.4) is 0 Å². The van der Waals surface area contributed by atoms with Crippen LogP contribution in [0.1, 0.15) is 22.3 Å². The van der Waals surface area contributed by atoms with E-state index in [9.17, 15) is 4.79 Å². The smallest absolute Gasteiger partial charge is 0.269 e. The van der Waals surface area contributed by atoms with Crippen LogP contribution in [-0.4, -0.2) is 55.4 Å². The number of carbonyl (C=O) groups excluding carboxylic acids is 1. The molecule has 1 amide bonds. The van der Waals surface area contributed by atoms with Gasteiger partial charge in [0.2, 0.25) is 0 Å². The van der Waals surface area contributed by atoms with Gasteiger partial charge in [-0.3, -0.25) is 14.4 Å². The monoisotopic (exact) mass is 398 g/mol. The van der Waals surface area contributed by atoms with E-state index in [1.165, 1.54) is 0 Å². The molecular formula is C21H26N4O4. The van der Waals surface area contributed by atoms with Crippen molar-refractivity contribution in [3.05, 3.63) is 54.1 Å². The number of rotatable bonds is 8. The number of methoxy groups -OCH3 is 2. The van der Waals surface area contributed by atoms with E-state index >= 15 is 0 Å². The standard InChI is InChI=1S/C21H26N4O4/c1-24(2)18(20-7-6-10-29-20)13-22-21(26)17-12-16(23-25(17)3)15-11-14(27-4)8-9-19(15)28-5/h6-12,18H,13H2,1-5H3,(H,22,26)/t18-/m0/s1. The molecule has 0 fully saturated rings. The average Bonchev–Trinajstić information content (AvgIpc) is 3.37. The zero-order valence-corrected chi connectivity index (χ0v) is 17.3. The molecule has 8 nitrogen and oxygen atoms in total. The number of ether oxygens (including phenoxy) is 2. The summed E-state index contributed by atoms with van der Waals surface area (Å²) in [6.45, 7) is 0.405. The number of amides is 1. The van der Waals surface area contributed by atoms with E-state index in [-0.39, 0.29) is 11.9 Å². The summed E-state index contributed by atoms with van der Waals surface area (Å²) in [7, 11) is 8.81. The van der Waals surface area contributed by atoms with Crippen molar-refractivity contribution in [3.8, 4) is 22.8 Å². The van der Waals surface area contributed by atoms with Crippen molar-refractivity contribution < 1.29 is 18.7 Å². The van der Waals surface area contributed by atoms with Gasteiger partial charge in [0.05, 0.1) is 32.2 Å². The fraction of sp³-hybridized carbons (Fsp3) is 0.333. The molecule has 29 heavy (non-hydrogen) atoms. The number of likely N-dealkylation sites (N-methyl/N-ethyl adjacent to an activating group) is 1. The maximum Gasteiger partial charge on any atom is 0.269 e. The van der Waals surface area contributed by atoms with Crippen LogP contribution in [0.25, 0.3) is 11.3 Å². The summed E-state index contributed by atoms with van der Waals surface area (Å²) in [5.74, 6) is 1.92. The van der Waals surface area contributed by atoms with Crippen LogP contribution in [0.5, 0.6) is 11.5 Å². The Morgan fingerprint density at radius 2 is 2.03 bits per heavy atom. The second-order valence-corrected chi connectivity index (χ2v) is 6.81. The minimum atomic E-state index is -0.216. The van der Waals surface area contributed by atoms with Gasteiger partial charge in [-0.2, -0.15) is 5.10 Å². The van der Waals surface area contributed by atoms with Gasteiger partial charge in [0.15, 0.2) is 0 Å². The van der Waals surface area contributed by atoms with Crippen LogP contribution in [0.4, 0.5) is 0 Å². The highest BCUT2D eigenvalue weighted by molar-refractivity contribution is 5.94. The molecule has 1 N–H and O–H groups in total. The van der Waals surface area contributed by atoms with Crippen LogP contribution >= 0.6 is 0 Å². The number of hydrogen-bond donors (Lipinski definition) is 1. The molecule has 154 valence electrons. The number of hydrogen-bond acceptors (Lipinski definition) is 6. The third-order valence-electron chi connectivity index (χ3n) is 4.75. The summed E-state index contributed by atoms with van der Waals surface area (Å²) >= 11 is 0. The Balaban J connectivity index is 1.80. The predicted molar refractivity (Wildman–Crippen MR) is 109 cm³/mol. The molecule has 0 aliphatic carbocycles. The molecule has 3 rings (SSSR count). The van der Waals surface area contributed by atoms with Crippen molar-refractivity contribution in [2.45, 2.75) is 6.04 Å². The highest BCUT2D eigenvalue weighted by Crippen LogP contribution is 2.33. The third-order valence-corrected chi connectivity index (χ3v) is 4.75. The maximum atomic E-state index is 12.8. The minimum Gasteiger partial charge on any atom is -0.497 e. The molecule has 0 aliphatic rings. The zero-order chi connectivity index (χ0) is 21.0. The number of nitrogens with one attached hydrogen (secondary N) is 1. The Morgan fingerprint density at radius 3 is 2.66 bits per heavy atom. The number of aromatic nitrogens is 2. The van der Waals surface area contributed by atoms with Crippen molar-refractivity contribution >= 4 is 5.91 Å². The van der Waals surface area contributed by atoms with Crippen molar-refractivity contribution in [1.82, 2.24) is 20.0 Å². The number of nitrogens with zero attached hydrogens (tertiary/aromatic N) is 3. The lowest BCUT2D eigenvalue weighted by atomic mass is 10.1. The Labute approximate surface area is 170 Å². The first-order chi connectivity index (χ1) is 13.9. The van der Waals surface area contributed by atoms with Crippen LogP contribution in [0.15, 0.2) is 47.1 Å². The Morgan fingerprint density at radius 1 is 1.24 bits per heavy atom. The van der Waals surface area contributed by atoms with Gasteiger partial charge in [-0.1, -0.05) is 0 Å².